The standard InChI is InChI=1S/C31H34Br2N2O4/c1-2-3-8-18-34-30(37)31(21-23-10-4-6-12-26(23)32)28(25-11-5-7-13-27(25)33)39-29(35-31)22-14-16-24(17-15-22)38-20-9-19-36/h4-7,10-17,28,36H,2-3,8-9,18-21H2,1H3,(H,34,37)/t28-,31-/m1/s1. The molecule has 0 spiro atoms. The fourth-order valence-corrected chi connectivity index (χ4v) is 5.53. The summed E-state index contributed by atoms with van der Waals surface area (Å²) < 4.78 is 14.1. The summed E-state index contributed by atoms with van der Waals surface area (Å²) in [5, 5.41) is 12.2. The third kappa shape index (κ3) is 7.10. The average molecular weight is 658 g/mol. The summed E-state index contributed by atoms with van der Waals surface area (Å²) in [5.41, 5.74) is 1.36. The highest BCUT2D eigenvalue weighted by molar-refractivity contribution is 9.10. The first-order valence-electron chi connectivity index (χ1n) is 13.3. The first kappa shape index (κ1) is 29.3. The van der Waals surface area contributed by atoms with Crippen LogP contribution in [0.2, 0.25) is 0 Å². The molecular formula is C31H34Br2N2O4. The van der Waals surface area contributed by atoms with Gasteiger partial charge in [0, 0.05) is 46.1 Å². The number of rotatable bonds is 13. The second kappa shape index (κ2) is 14.1. The molecule has 1 aliphatic heterocycles. The molecule has 39 heavy (non-hydrogen) atoms. The first-order chi connectivity index (χ1) is 19.0. The van der Waals surface area contributed by atoms with Gasteiger partial charge >= 0.3 is 0 Å². The van der Waals surface area contributed by atoms with Gasteiger partial charge in [0.2, 0.25) is 5.90 Å². The number of carbonyl (C=O) groups excluding carboxylic acids is 1. The molecule has 0 aromatic heterocycles. The molecule has 6 nitrogen and oxygen atoms in total. The van der Waals surface area contributed by atoms with Crippen molar-refractivity contribution >= 4 is 43.7 Å². The quantitative estimate of drug-likeness (QED) is 0.199. The van der Waals surface area contributed by atoms with E-state index in [0.717, 1.165) is 44.9 Å². The fraction of sp³-hybridized carbons (Fsp3) is 0.355. The van der Waals surface area contributed by atoms with Crippen molar-refractivity contribution in [2.24, 2.45) is 4.99 Å². The predicted molar refractivity (Wildman–Crippen MR) is 161 cm³/mol. The molecule has 0 saturated carbocycles. The van der Waals surface area contributed by atoms with Gasteiger partial charge in [0.05, 0.1) is 6.61 Å². The van der Waals surface area contributed by atoms with Crippen LogP contribution in [0.25, 0.3) is 0 Å². The number of halogens is 2. The molecule has 0 saturated heterocycles. The number of nitrogens with zero attached hydrogens (tertiary/aromatic N) is 1. The van der Waals surface area contributed by atoms with E-state index in [1.807, 2.05) is 72.8 Å². The number of amides is 1. The van der Waals surface area contributed by atoms with E-state index in [9.17, 15) is 4.79 Å². The lowest BCUT2D eigenvalue weighted by molar-refractivity contribution is -0.128. The van der Waals surface area contributed by atoms with Gasteiger partial charge in [-0.25, -0.2) is 4.99 Å². The number of benzene rings is 3. The zero-order chi connectivity index (χ0) is 27.7. The summed E-state index contributed by atoms with van der Waals surface area (Å²) in [6.45, 7) is 3.24. The normalized spacial score (nSPS) is 18.4. The molecule has 3 aromatic carbocycles. The van der Waals surface area contributed by atoms with Crippen molar-refractivity contribution in [1.82, 2.24) is 5.32 Å². The summed E-state index contributed by atoms with van der Waals surface area (Å²) in [4.78, 5) is 19.2. The van der Waals surface area contributed by atoms with Crippen molar-refractivity contribution in [3.05, 3.63) is 98.4 Å². The van der Waals surface area contributed by atoms with E-state index in [4.69, 9.17) is 19.6 Å². The van der Waals surface area contributed by atoms with Crippen LogP contribution in [0, 0.1) is 0 Å². The number of carbonyl (C=O) groups is 1. The lowest BCUT2D eigenvalue weighted by Crippen LogP contribution is -2.50. The Morgan fingerprint density at radius 1 is 1.00 bits per heavy atom. The van der Waals surface area contributed by atoms with Crippen LogP contribution < -0.4 is 10.1 Å². The maximum atomic E-state index is 14.1. The molecule has 1 aliphatic rings. The van der Waals surface area contributed by atoms with Crippen LogP contribution in [0.5, 0.6) is 5.75 Å². The summed E-state index contributed by atoms with van der Waals surface area (Å²) in [5.74, 6) is 0.948. The lowest BCUT2D eigenvalue weighted by atomic mass is 9.82. The maximum absolute atomic E-state index is 14.1. The molecule has 2 atom stereocenters. The highest BCUT2D eigenvalue weighted by Gasteiger charge is 2.53. The van der Waals surface area contributed by atoms with Gasteiger partial charge in [-0.15, -0.1) is 0 Å². The third-order valence-electron chi connectivity index (χ3n) is 6.70. The molecule has 3 aromatic rings. The monoisotopic (exact) mass is 656 g/mol. The fourth-order valence-electron chi connectivity index (χ4n) is 4.61. The van der Waals surface area contributed by atoms with E-state index in [1.165, 1.54) is 0 Å². The van der Waals surface area contributed by atoms with Crippen molar-refractivity contribution in [2.75, 3.05) is 19.8 Å². The Morgan fingerprint density at radius 3 is 2.41 bits per heavy atom. The highest BCUT2D eigenvalue weighted by atomic mass is 79.9. The molecule has 0 radical (unpaired) electrons. The van der Waals surface area contributed by atoms with Crippen LogP contribution in [-0.4, -0.2) is 42.2 Å². The number of aliphatic hydroxyl groups is 1. The van der Waals surface area contributed by atoms with Crippen LogP contribution in [0.4, 0.5) is 0 Å². The van der Waals surface area contributed by atoms with Crippen molar-refractivity contribution in [1.29, 1.82) is 0 Å². The Balaban J connectivity index is 1.77. The van der Waals surface area contributed by atoms with Crippen molar-refractivity contribution in [3.8, 4) is 5.75 Å². The van der Waals surface area contributed by atoms with Crippen molar-refractivity contribution in [3.63, 3.8) is 0 Å². The smallest absolute Gasteiger partial charge is 0.252 e. The number of hydrogen-bond acceptors (Lipinski definition) is 5. The maximum Gasteiger partial charge on any atom is 0.252 e. The van der Waals surface area contributed by atoms with Gasteiger partial charge in [0.15, 0.2) is 11.6 Å². The van der Waals surface area contributed by atoms with Crippen LogP contribution in [0.3, 0.4) is 0 Å². The van der Waals surface area contributed by atoms with Gasteiger partial charge in [-0.3, -0.25) is 4.79 Å². The highest BCUT2D eigenvalue weighted by Crippen LogP contribution is 2.45. The predicted octanol–water partition coefficient (Wildman–Crippen LogP) is 6.78. The Hall–Kier alpha value is -2.68. The minimum atomic E-state index is -1.23. The molecule has 4 rings (SSSR count). The van der Waals surface area contributed by atoms with E-state index in [0.29, 0.717) is 37.6 Å². The minimum absolute atomic E-state index is 0.0826. The number of hydrogen-bond donors (Lipinski definition) is 2. The van der Waals surface area contributed by atoms with E-state index in [2.05, 4.69) is 44.1 Å². The van der Waals surface area contributed by atoms with Crippen molar-refractivity contribution in [2.45, 2.75) is 50.7 Å². The summed E-state index contributed by atoms with van der Waals surface area (Å²) in [6, 6.07) is 23.2. The number of nitrogens with one attached hydrogen (secondary N) is 1. The Bertz CT molecular complexity index is 1280. The summed E-state index contributed by atoms with van der Waals surface area (Å²) in [6.07, 6.45) is 3.29. The van der Waals surface area contributed by atoms with Gasteiger partial charge in [-0.1, -0.05) is 88.0 Å². The van der Waals surface area contributed by atoms with Crippen LogP contribution in [0.15, 0.2) is 86.7 Å². The molecule has 1 amide bonds. The second-order valence-electron chi connectivity index (χ2n) is 9.54. The average Bonchev–Trinajstić information content (AvgIpc) is 3.33. The van der Waals surface area contributed by atoms with Crippen molar-refractivity contribution < 1.29 is 19.4 Å². The van der Waals surface area contributed by atoms with Crippen LogP contribution in [-0.2, 0) is 16.0 Å². The topological polar surface area (TPSA) is 80.2 Å². The Morgan fingerprint density at radius 2 is 1.72 bits per heavy atom. The van der Waals surface area contributed by atoms with Gasteiger partial charge in [-0.2, -0.15) is 0 Å². The van der Waals surface area contributed by atoms with E-state index in [-0.39, 0.29) is 12.5 Å². The molecule has 2 N–H and O–H groups in total. The lowest BCUT2D eigenvalue weighted by Gasteiger charge is -2.31. The Labute approximate surface area is 247 Å². The molecule has 0 fully saturated rings. The van der Waals surface area contributed by atoms with Crippen LogP contribution in [0.1, 0.15) is 55.4 Å². The summed E-state index contributed by atoms with van der Waals surface area (Å²) in [7, 11) is 0. The van der Waals surface area contributed by atoms with Crippen LogP contribution >= 0.6 is 31.9 Å². The van der Waals surface area contributed by atoms with Gasteiger partial charge in [-0.05, 0) is 48.4 Å². The number of aliphatic imine (C=N–C) groups is 1. The molecule has 8 heteroatoms. The van der Waals surface area contributed by atoms with E-state index >= 15 is 0 Å². The zero-order valence-electron chi connectivity index (χ0n) is 22.0. The largest absolute Gasteiger partial charge is 0.494 e. The molecule has 0 unspecified atom stereocenters. The number of unbranched alkanes of at least 4 members (excludes halogenated alkanes) is 2. The Kier molecular flexibility index (Phi) is 10.6. The minimum Gasteiger partial charge on any atom is -0.494 e. The number of aliphatic hydroxyl groups excluding tert-OH is 1. The summed E-state index contributed by atoms with van der Waals surface area (Å²) >= 11 is 7.36. The first-order valence-corrected chi connectivity index (χ1v) is 14.9. The zero-order valence-corrected chi connectivity index (χ0v) is 25.2. The SMILES string of the molecule is CCCCCNC(=O)[C@]1(Cc2ccccc2Br)N=C(c2ccc(OCCCO)cc2)O[C@@H]1c1ccccc1Br. The van der Waals surface area contributed by atoms with E-state index in [1.54, 1.807) is 0 Å². The van der Waals surface area contributed by atoms with E-state index < -0.39 is 11.6 Å². The molecule has 0 aliphatic carbocycles. The molecular weight excluding hydrogens is 624 g/mol. The van der Waals surface area contributed by atoms with Gasteiger partial charge in [0.1, 0.15) is 5.75 Å². The van der Waals surface area contributed by atoms with Gasteiger partial charge < -0.3 is 19.9 Å². The van der Waals surface area contributed by atoms with Gasteiger partial charge in [0.25, 0.3) is 5.91 Å². The molecule has 206 valence electrons. The second-order valence-corrected chi connectivity index (χ2v) is 11.3. The third-order valence-corrected chi connectivity index (χ3v) is 8.20. The molecule has 0 bridgehead atoms. The molecule has 1 heterocycles. The number of ether oxygens (including phenoxy) is 2.